The van der Waals surface area contributed by atoms with E-state index in [9.17, 15) is 24.5 Å². The highest BCUT2D eigenvalue weighted by atomic mass is 16.6. The number of nitro groups is 1. The molecule has 1 saturated carbocycles. The van der Waals surface area contributed by atoms with Crippen LogP contribution in [0.25, 0.3) is 0 Å². The first-order valence-electron chi connectivity index (χ1n) is 9.54. The molecule has 2 unspecified atom stereocenters. The molecule has 29 heavy (non-hydrogen) atoms. The zero-order valence-electron chi connectivity index (χ0n) is 16.8. The van der Waals surface area contributed by atoms with Gasteiger partial charge < -0.3 is 10.1 Å². The molecule has 2 fully saturated rings. The Morgan fingerprint density at radius 3 is 2.72 bits per heavy atom. The minimum atomic E-state index is -0.974. The maximum atomic E-state index is 13.0. The number of carbonyl (C=O) groups is 3. The van der Waals surface area contributed by atoms with Crippen molar-refractivity contribution in [2.45, 2.75) is 52.2 Å². The lowest BCUT2D eigenvalue weighted by molar-refractivity contribution is -0.384. The van der Waals surface area contributed by atoms with Crippen molar-refractivity contribution >= 4 is 23.6 Å². The van der Waals surface area contributed by atoms with Gasteiger partial charge in [-0.15, -0.1) is 0 Å². The summed E-state index contributed by atoms with van der Waals surface area (Å²) in [5.41, 5.74) is -0.731. The van der Waals surface area contributed by atoms with Gasteiger partial charge >= 0.3 is 12.0 Å². The van der Waals surface area contributed by atoms with Crippen molar-refractivity contribution in [1.29, 1.82) is 0 Å². The van der Waals surface area contributed by atoms with E-state index < -0.39 is 34.9 Å². The predicted molar refractivity (Wildman–Crippen MR) is 103 cm³/mol. The number of imide groups is 1. The average molecular weight is 403 g/mol. The summed E-state index contributed by atoms with van der Waals surface area (Å²) in [5.74, 6) is -0.877. The van der Waals surface area contributed by atoms with Crippen LogP contribution in [0.3, 0.4) is 0 Å². The maximum absolute atomic E-state index is 13.0. The van der Waals surface area contributed by atoms with Crippen LogP contribution in [0.1, 0.15) is 45.6 Å². The monoisotopic (exact) mass is 403 g/mol. The Hall–Kier alpha value is -2.97. The SMILES string of the molecule is CC1CC(C)(C)CC2(C1)NC(=O)N(CC(=O)OCc1cccc([N+](=O)[O-])c1)C2=O. The van der Waals surface area contributed by atoms with Gasteiger partial charge in [-0.05, 0) is 36.2 Å². The maximum Gasteiger partial charge on any atom is 0.326 e. The first-order chi connectivity index (χ1) is 13.5. The fraction of sp³-hybridized carbons (Fsp3) is 0.550. The molecule has 1 aromatic rings. The summed E-state index contributed by atoms with van der Waals surface area (Å²) < 4.78 is 5.12. The number of nitro benzene ring substituents is 1. The molecule has 1 saturated heterocycles. The molecule has 156 valence electrons. The summed E-state index contributed by atoms with van der Waals surface area (Å²) in [5, 5.41) is 13.6. The third-order valence-corrected chi connectivity index (χ3v) is 5.43. The van der Waals surface area contributed by atoms with Crippen LogP contribution in [0.4, 0.5) is 10.5 Å². The topological polar surface area (TPSA) is 119 Å². The Labute approximate surface area is 168 Å². The minimum absolute atomic E-state index is 0.0981. The van der Waals surface area contributed by atoms with Gasteiger partial charge in [-0.3, -0.25) is 24.6 Å². The summed E-state index contributed by atoms with van der Waals surface area (Å²) in [6.07, 6.45) is 2.03. The largest absolute Gasteiger partial charge is 0.459 e. The van der Waals surface area contributed by atoms with Gasteiger partial charge in [-0.1, -0.05) is 32.9 Å². The number of urea groups is 1. The lowest BCUT2D eigenvalue weighted by Gasteiger charge is -2.43. The van der Waals surface area contributed by atoms with E-state index in [1.54, 1.807) is 6.07 Å². The molecule has 1 aromatic carbocycles. The Balaban J connectivity index is 1.63. The number of carbonyl (C=O) groups excluding carboxylic acids is 3. The molecule has 1 aliphatic heterocycles. The number of hydrogen-bond acceptors (Lipinski definition) is 6. The second kappa shape index (κ2) is 7.46. The fourth-order valence-corrected chi connectivity index (χ4v) is 4.75. The van der Waals surface area contributed by atoms with E-state index in [2.05, 4.69) is 26.1 Å². The number of nitrogens with one attached hydrogen (secondary N) is 1. The van der Waals surface area contributed by atoms with Crippen molar-refractivity contribution in [2.24, 2.45) is 11.3 Å². The minimum Gasteiger partial charge on any atom is -0.459 e. The van der Waals surface area contributed by atoms with Crippen molar-refractivity contribution < 1.29 is 24.0 Å². The molecule has 3 rings (SSSR count). The van der Waals surface area contributed by atoms with E-state index in [-0.39, 0.29) is 23.6 Å². The smallest absolute Gasteiger partial charge is 0.326 e. The molecule has 9 heteroatoms. The second-order valence-corrected chi connectivity index (χ2v) is 8.85. The number of nitrogens with zero attached hydrogens (tertiary/aromatic N) is 2. The molecule has 1 heterocycles. The van der Waals surface area contributed by atoms with Crippen molar-refractivity contribution in [3.8, 4) is 0 Å². The van der Waals surface area contributed by atoms with Gasteiger partial charge in [0.05, 0.1) is 4.92 Å². The first kappa shape index (κ1) is 20.8. The van der Waals surface area contributed by atoms with E-state index in [1.807, 2.05) is 0 Å². The van der Waals surface area contributed by atoms with Gasteiger partial charge in [0.15, 0.2) is 0 Å². The molecule has 2 aliphatic rings. The number of rotatable bonds is 5. The predicted octanol–water partition coefficient (Wildman–Crippen LogP) is 2.77. The number of non-ortho nitro benzene ring substituents is 1. The zero-order valence-corrected chi connectivity index (χ0v) is 16.8. The van der Waals surface area contributed by atoms with Crippen LogP contribution in [0.15, 0.2) is 24.3 Å². The van der Waals surface area contributed by atoms with Crippen LogP contribution in [0, 0.1) is 21.4 Å². The van der Waals surface area contributed by atoms with Crippen LogP contribution in [-0.2, 0) is 20.9 Å². The molecule has 1 N–H and O–H groups in total. The van der Waals surface area contributed by atoms with Crippen LogP contribution < -0.4 is 5.32 Å². The molecule has 1 aliphatic carbocycles. The molecule has 3 amide bonds. The third kappa shape index (κ3) is 4.38. The van der Waals surface area contributed by atoms with E-state index in [0.29, 0.717) is 18.4 Å². The van der Waals surface area contributed by atoms with Gasteiger partial charge in [0.25, 0.3) is 11.6 Å². The molecular weight excluding hydrogens is 378 g/mol. The van der Waals surface area contributed by atoms with Crippen molar-refractivity contribution in [1.82, 2.24) is 10.2 Å². The quantitative estimate of drug-likeness (QED) is 0.349. The van der Waals surface area contributed by atoms with Crippen molar-refractivity contribution in [2.75, 3.05) is 6.54 Å². The number of esters is 1. The van der Waals surface area contributed by atoms with E-state index in [1.165, 1.54) is 18.2 Å². The molecule has 0 aromatic heterocycles. The summed E-state index contributed by atoms with van der Waals surface area (Å²) in [4.78, 5) is 48.8. The highest BCUT2D eigenvalue weighted by molar-refractivity contribution is 6.08. The number of benzene rings is 1. The van der Waals surface area contributed by atoms with Crippen LogP contribution in [-0.4, -0.2) is 39.8 Å². The number of ether oxygens (including phenoxy) is 1. The fourth-order valence-electron chi connectivity index (χ4n) is 4.75. The van der Waals surface area contributed by atoms with E-state index in [0.717, 1.165) is 11.3 Å². The molecule has 0 radical (unpaired) electrons. The van der Waals surface area contributed by atoms with E-state index in [4.69, 9.17) is 4.74 Å². The molecular formula is C20H25N3O6. The van der Waals surface area contributed by atoms with Gasteiger partial charge in [0.1, 0.15) is 18.7 Å². The third-order valence-electron chi connectivity index (χ3n) is 5.43. The number of amides is 3. The average Bonchev–Trinajstić information content (AvgIpc) is 2.82. The van der Waals surface area contributed by atoms with Gasteiger partial charge in [-0.2, -0.15) is 0 Å². The van der Waals surface area contributed by atoms with Gasteiger partial charge in [0, 0.05) is 12.1 Å². The standard InChI is InChI=1S/C20H25N3O6/c1-13-8-19(2,3)12-20(9-13)17(25)22(18(26)21-20)10-16(24)29-11-14-5-4-6-15(7-14)23(27)28/h4-7,13H,8-12H2,1-3H3,(H,21,26). The van der Waals surface area contributed by atoms with Crippen molar-refractivity contribution in [3.05, 3.63) is 39.9 Å². The Morgan fingerprint density at radius 2 is 2.07 bits per heavy atom. The van der Waals surface area contributed by atoms with Crippen molar-refractivity contribution in [3.63, 3.8) is 0 Å². The van der Waals surface area contributed by atoms with Gasteiger partial charge in [-0.25, -0.2) is 4.79 Å². The zero-order chi connectivity index (χ0) is 21.4. The molecule has 1 spiro atoms. The normalized spacial score (nSPS) is 25.8. The highest BCUT2D eigenvalue weighted by Gasteiger charge is 2.56. The Morgan fingerprint density at radius 1 is 1.34 bits per heavy atom. The van der Waals surface area contributed by atoms with Gasteiger partial charge in [0.2, 0.25) is 0 Å². The summed E-state index contributed by atoms with van der Waals surface area (Å²) in [6, 6.07) is 5.14. The first-order valence-corrected chi connectivity index (χ1v) is 9.54. The van der Waals surface area contributed by atoms with Crippen LogP contribution in [0.2, 0.25) is 0 Å². The summed E-state index contributed by atoms with van der Waals surface area (Å²) in [7, 11) is 0. The lowest BCUT2D eigenvalue weighted by atomic mass is 9.64. The second-order valence-electron chi connectivity index (χ2n) is 8.85. The number of hydrogen-bond donors (Lipinski definition) is 1. The van der Waals surface area contributed by atoms with Crippen LogP contribution >= 0.6 is 0 Å². The summed E-state index contributed by atoms with van der Waals surface area (Å²) >= 11 is 0. The lowest BCUT2D eigenvalue weighted by Crippen LogP contribution is -2.54. The Bertz CT molecular complexity index is 868. The molecule has 0 bridgehead atoms. The summed E-state index contributed by atoms with van der Waals surface area (Å²) in [6.45, 7) is 5.52. The molecule has 9 nitrogen and oxygen atoms in total. The Kier molecular flexibility index (Phi) is 5.34. The van der Waals surface area contributed by atoms with E-state index >= 15 is 0 Å². The van der Waals surface area contributed by atoms with Crippen LogP contribution in [0.5, 0.6) is 0 Å². The highest BCUT2D eigenvalue weighted by Crippen LogP contribution is 2.46. The molecule has 2 atom stereocenters.